The summed E-state index contributed by atoms with van der Waals surface area (Å²) in [5.74, 6) is 0. The third-order valence-electron chi connectivity index (χ3n) is 3.01. The van der Waals surface area contributed by atoms with Gasteiger partial charge in [-0.1, -0.05) is 23.2 Å². The first kappa shape index (κ1) is 14.5. The third kappa shape index (κ3) is 3.16. The molecular weight excluding hydrogens is 299 g/mol. The van der Waals surface area contributed by atoms with Crippen LogP contribution in [0.5, 0.6) is 0 Å². The van der Waals surface area contributed by atoms with Gasteiger partial charge >= 0.3 is 0 Å². The Balaban J connectivity index is 2.26. The number of halogens is 2. The van der Waals surface area contributed by atoms with Gasteiger partial charge in [0.15, 0.2) is 0 Å². The number of benzene rings is 1. The molecule has 0 aliphatic heterocycles. The molecule has 0 aliphatic rings. The molecule has 0 radical (unpaired) electrons. The summed E-state index contributed by atoms with van der Waals surface area (Å²) in [5.41, 5.74) is 8.66. The maximum atomic E-state index is 6.03. The van der Waals surface area contributed by atoms with E-state index in [2.05, 4.69) is 32.2 Å². The first-order chi connectivity index (χ1) is 8.88. The number of thiophene rings is 1. The van der Waals surface area contributed by atoms with Crippen LogP contribution in [0.25, 0.3) is 0 Å². The van der Waals surface area contributed by atoms with Crippen LogP contribution in [0, 0.1) is 13.8 Å². The Labute approximate surface area is 127 Å². The summed E-state index contributed by atoms with van der Waals surface area (Å²) in [6, 6.07) is 5.81. The summed E-state index contributed by atoms with van der Waals surface area (Å²) in [5, 5.41) is 4.36. The van der Waals surface area contributed by atoms with Crippen LogP contribution in [0.2, 0.25) is 10.0 Å². The fraction of sp³-hybridized carbons (Fsp3) is 0.286. The molecule has 1 unspecified atom stereocenters. The zero-order valence-electron chi connectivity index (χ0n) is 11.1. The lowest BCUT2D eigenvalue weighted by Gasteiger charge is -2.17. The molecule has 0 bridgehead atoms. The highest BCUT2D eigenvalue weighted by Gasteiger charge is 2.13. The molecule has 1 atom stereocenters. The number of hydrogen-bond donors (Lipinski definition) is 2. The quantitative estimate of drug-likeness (QED) is 0.741. The second kappa shape index (κ2) is 5.61. The summed E-state index contributed by atoms with van der Waals surface area (Å²) in [6.45, 7) is 6.35. The average molecular weight is 315 g/mol. The van der Waals surface area contributed by atoms with Gasteiger partial charge < -0.3 is 11.1 Å². The molecule has 1 aromatic carbocycles. The molecule has 2 rings (SSSR count). The van der Waals surface area contributed by atoms with Crippen LogP contribution in [-0.2, 0) is 0 Å². The van der Waals surface area contributed by atoms with Crippen LogP contribution >= 0.6 is 34.5 Å². The van der Waals surface area contributed by atoms with Gasteiger partial charge in [-0.15, -0.1) is 11.3 Å². The number of rotatable bonds is 3. The van der Waals surface area contributed by atoms with E-state index in [-0.39, 0.29) is 6.04 Å². The van der Waals surface area contributed by atoms with E-state index in [1.807, 2.05) is 0 Å². The van der Waals surface area contributed by atoms with Crippen molar-refractivity contribution in [3.05, 3.63) is 43.6 Å². The van der Waals surface area contributed by atoms with Crippen LogP contribution in [0.4, 0.5) is 11.4 Å². The van der Waals surface area contributed by atoms with Crippen molar-refractivity contribution in [2.24, 2.45) is 0 Å². The number of anilines is 2. The van der Waals surface area contributed by atoms with E-state index >= 15 is 0 Å². The van der Waals surface area contributed by atoms with Crippen molar-refractivity contribution >= 4 is 45.9 Å². The van der Waals surface area contributed by atoms with E-state index in [1.165, 1.54) is 15.3 Å². The largest absolute Gasteiger partial charge is 0.397 e. The molecule has 0 aliphatic carbocycles. The average Bonchev–Trinajstić information content (AvgIpc) is 2.65. The molecule has 1 heterocycles. The second-order valence-electron chi connectivity index (χ2n) is 4.59. The van der Waals surface area contributed by atoms with Crippen molar-refractivity contribution in [1.82, 2.24) is 0 Å². The van der Waals surface area contributed by atoms with E-state index in [0.717, 1.165) is 5.69 Å². The van der Waals surface area contributed by atoms with Gasteiger partial charge in [0.05, 0.1) is 21.4 Å². The van der Waals surface area contributed by atoms with Crippen molar-refractivity contribution in [1.29, 1.82) is 0 Å². The van der Waals surface area contributed by atoms with E-state index in [0.29, 0.717) is 15.7 Å². The first-order valence-electron chi connectivity index (χ1n) is 5.96. The number of nitrogens with one attached hydrogen (secondary N) is 1. The molecule has 2 nitrogen and oxygen atoms in total. The fourth-order valence-electron chi connectivity index (χ4n) is 2.08. The number of nitrogens with two attached hydrogens (primary N) is 1. The minimum Gasteiger partial charge on any atom is -0.397 e. The predicted octanol–water partition coefficient (Wildman–Crippen LogP) is 5.43. The molecular formula is C14H16Cl2N2S. The predicted molar refractivity (Wildman–Crippen MR) is 86.7 cm³/mol. The van der Waals surface area contributed by atoms with Gasteiger partial charge in [-0.25, -0.2) is 0 Å². The molecule has 0 amide bonds. The van der Waals surface area contributed by atoms with Crippen molar-refractivity contribution in [2.45, 2.75) is 26.8 Å². The van der Waals surface area contributed by atoms with Crippen LogP contribution in [0.3, 0.4) is 0 Å². The standard InChI is InChI=1S/C14H16Cl2N2S/c1-7-4-10(9(3)19-7)8(2)18-14-6-12(16)11(15)5-13(14)17/h4-6,8,18H,17H2,1-3H3. The smallest absolute Gasteiger partial charge is 0.0614 e. The van der Waals surface area contributed by atoms with Crippen molar-refractivity contribution in [3.8, 4) is 0 Å². The highest BCUT2D eigenvalue weighted by Crippen LogP contribution is 2.34. The minimum atomic E-state index is 0.171. The molecule has 0 saturated heterocycles. The number of aryl methyl sites for hydroxylation is 2. The number of nitrogen functional groups attached to an aromatic ring is 1. The van der Waals surface area contributed by atoms with Gasteiger partial charge in [-0.2, -0.15) is 0 Å². The molecule has 3 N–H and O–H groups in total. The topological polar surface area (TPSA) is 38.0 Å². The second-order valence-corrected chi connectivity index (χ2v) is 6.86. The highest BCUT2D eigenvalue weighted by molar-refractivity contribution is 7.12. The molecule has 0 saturated carbocycles. The molecule has 1 aromatic heterocycles. The Bertz CT molecular complexity index is 608. The molecule has 0 fully saturated rings. The Morgan fingerprint density at radius 3 is 2.37 bits per heavy atom. The van der Waals surface area contributed by atoms with Crippen LogP contribution in [0.15, 0.2) is 18.2 Å². The van der Waals surface area contributed by atoms with Crippen molar-refractivity contribution < 1.29 is 0 Å². The molecule has 5 heteroatoms. The zero-order chi connectivity index (χ0) is 14.2. The Hall–Kier alpha value is -0.900. The van der Waals surface area contributed by atoms with Crippen LogP contribution in [-0.4, -0.2) is 0 Å². The maximum Gasteiger partial charge on any atom is 0.0614 e. The summed E-state index contributed by atoms with van der Waals surface area (Å²) >= 11 is 13.8. The van der Waals surface area contributed by atoms with E-state index in [1.54, 1.807) is 23.5 Å². The lowest BCUT2D eigenvalue weighted by Crippen LogP contribution is -2.08. The van der Waals surface area contributed by atoms with Gasteiger partial charge in [0, 0.05) is 15.8 Å². The van der Waals surface area contributed by atoms with Gasteiger partial charge in [0.1, 0.15) is 0 Å². The number of hydrogen-bond acceptors (Lipinski definition) is 3. The SMILES string of the molecule is Cc1cc(C(C)Nc2cc(Cl)c(Cl)cc2N)c(C)s1. The van der Waals surface area contributed by atoms with Crippen molar-refractivity contribution in [3.63, 3.8) is 0 Å². The van der Waals surface area contributed by atoms with E-state index < -0.39 is 0 Å². The van der Waals surface area contributed by atoms with Gasteiger partial charge in [-0.3, -0.25) is 0 Å². The van der Waals surface area contributed by atoms with Gasteiger partial charge in [-0.05, 0) is 44.5 Å². The Kier molecular flexibility index (Phi) is 4.29. The molecule has 102 valence electrons. The third-order valence-corrected chi connectivity index (χ3v) is 4.71. The molecule has 0 spiro atoms. The summed E-state index contributed by atoms with van der Waals surface area (Å²) in [4.78, 5) is 2.62. The van der Waals surface area contributed by atoms with Gasteiger partial charge in [0.25, 0.3) is 0 Å². The highest BCUT2D eigenvalue weighted by atomic mass is 35.5. The molecule has 2 aromatic rings. The Morgan fingerprint density at radius 2 is 1.79 bits per heavy atom. The van der Waals surface area contributed by atoms with E-state index in [4.69, 9.17) is 28.9 Å². The summed E-state index contributed by atoms with van der Waals surface area (Å²) in [6.07, 6.45) is 0. The lowest BCUT2D eigenvalue weighted by molar-refractivity contribution is 0.882. The first-order valence-corrected chi connectivity index (χ1v) is 7.53. The normalized spacial score (nSPS) is 12.5. The van der Waals surface area contributed by atoms with E-state index in [9.17, 15) is 0 Å². The van der Waals surface area contributed by atoms with Crippen molar-refractivity contribution in [2.75, 3.05) is 11.1 Å². The fourth-order valence-corrected chi connectivity index (χ4v) is 3.44. The van der Waals surface area contributed by atoms with Crippen LogP contribution in [0.1, 0.15) is 28.3 Å². The minimum absolute atomic E-state index is 0.171. The lowest BCUT2D eigenvalue weighted by atomic mass is 10.1. The Morgan fingerprint density at radius 1 is 1.16 bits per heavy atom. The maximum absolute atomic E-state index is 6.03. The zero-order valence-corrected chi connectivity index (χ0v) is 13.4. The monoisotopic (exact) mass is 314 g/mol. The molecule has 19 heavy (non-hydrogen) atoms. The summed E-state index contributed by atoms with van der Waals surface area (Å²) < 4.78 is 0. The van der Waals surface area contributed by atoms with Crippen LogP contribution < -0.4 is 11.1 Å². The van der Waals surface area contributed by atoms with Gasteiger partial charge in [0.2, 0.25) is 0 Å². The summed E-state index contributed by atoms with van der Waals surface area (Å²) in [7, 11) is 0.